The predicted octanol–water partition coefficient (Wildman–Crippen LogP) is 1.79. The number of ether oxygens (including phenoxy) is 3. The molecule has 124 valence electrons. The van der Waals surface area contributed by atoms with Crippen LogP contribution in [0.1, 0.15) is 52.9 Å². The summed E-state index contributed by atoms with van der Waals surface area (Å²) >= 11 is 0. The molecule has 2 fully saturated rings. The van der Waals surface area contributed by atoms with Crippen molar-refractivity contribution in [2.24, 2.45) is 5.41 Å². The number of rotatable bonds is 6. The van der Waals surface area contributed by atoms with Gasteiger partial charge in [0.1, 0.15) is 11.6 Å². The normalized spacial score (nSPS) is 26.4. The second-order valence-corrected chi connectivity index (χ2v) is 6.39. The summed E-state index contributed by atoms with van der Waals surface area (Å²) in [6.45, 7) is 5.98. The molecule has 0 aromatic heterocycles. The Kier molecular flexibility index (Phi) is 5.02. The topological polar surface area (TPSA) is 78.9 Å². The molecular weight excluding hydrogens is 288 g/mol. The lowest BCUT2D eigenvalue weighted by Crippen LogP contribution is -2.38. The minimum Gasteiger partial charge on any atom is -0.466 e. The lowest BCUT2D eigenvalue weighted by molar-refractivity contribution is -0.152. The van der Waals surface area contributed by atoms with Crippen LogP contribution in [0.15, 0.2) is 0 Å². The molecule has 6 heteroatoms. The maximum atomic E-state index is 12.4. The molecule has 0 aromatic rings. The fourth-order valence-electron chi connectivity index (χ4n) is 3.27. The average Bonchev–Trinajstić information content (AvgIpc) is 2.91. The van der Waals surface area contributed by atoms with E-state index in [-0.39, 0.29) is 55.7 Å². The summed E-state index contributed by atoms with van der Waals surface area (Å²) in [5.74, 6) is -1.25. The fourth-order valence-corrected chi connectivity index (χ4v) is 3.27. The third-order valence-electron chi connectivity index (χ3n) is 4.35. The Labute approximate surface area is 130 Å². The van der Waals surface area contributed by atoms with Crippen LogP contribution in [0.2, 0.25) is 0 Å². The number of hydrogen-bond acceptors (Lipinski definition) is 6. The van der Waals surface area contributed by atoms with E-state index in [4.69, 9.17) is 14.2 Å². The van der Waals surface area contributed by atoms with Crippen LogP contribution in [-0.4, -0.2) is 42.6 Å². The number of carbonyl (C=O) groups excluding carboxylic acids is 3. The summed E-state index contributed by atoms with van der Waals surface area (Å²) in [5.41, 5.74) is -1.11. The van der Waals surface area contributed by atoms with E-state index in [1.54, 1.807) is 20.8 Å². The van der Waals surface area contributed by atoms with Crippen LogP contribution in [0.4, 0.5) is 0 Å². The van der Waals surface area contributed by atoms with Gasteiger partial charge in [0.15, 0.2) is 5.79 Å². The third kappa shape index (κ3) is 3.55. The summed E-state index contributed by atoms with van der Waals surface area (Å²) in [5, 5.41) is 0. The van der Waals surface area contributed by atoms with Gasteiger partial charge in [-0.2, -0.15) is 0 Å². The van der Waals surface area contributed by atoms with E-state index >= 15 is 0 Å². The number of hydrogen-bond donors (Lipinski definition) is 0. The van der Waals surface area contributed by atoms with Crippen molar-refractivity contribution < 1.29 is 28.6 Å². The monoisotopic (exact) mass is 312 g/mol. The van der Waals surface area contributed by atoms with Gasteiger partial charge in [0.25, 0.3) is 0 Å². The highest BCUT2D eigenvalue weighted by Crippen LogP contribution is 2.42. The molecule has 0 unspecified atom stereocenters. The molecule has 1 saturated carbocycles. The van der Waals surface area contributed by atoms with E-state index in [0.717, 1.165) is 0 Å². The molecular formula is C16H24O6. The molecule has 1 heterocycles. The minimum atomic E-state index is -1.11. The maximum absolute atomic E-state index is 12.4. The molecule has 0 spiro atoms. The van der Waals surface area contributed by atoms with Crippen molar-refractivity contribution in [2.75, 3.05) is 13.2 Å². The first-order valence-corrected chi connectivity index (χ1v) is 7.83. The minimum absolute atomic E-state index is 0.0717. The summed E-state index contributed by atoms with van der Waals surface area (Å²) < 4.78 is 16.2. The lowest BCUT2D eigenvalue weighted by Gasteiger charge is -2.28. The van der Waals surface area contributed by atoms with Crippen molar-refractivity contribution in [3.05, 3.63) is 0 Å². The maximum Gasteiger partial charge on any atom is 0.305 e. The van der Waals surface area contributed by atoms with Crippen LogP contribution in [0.25, 0.3) is 0 Å². The Bertz CT molecular complexity index is 451. The van der Waals surface area contributed by atoms with E-state index in [1.165, 1.54) is 0 Å². The number of ketones is 2. The Morgan fingerprint density at radius 1 is 1.27 bits per heavy atom. The van der Waals surface area contributed by atoms with Crippen molar-refractivity contribution in [2.45, 2.75) is 64.8 Å². The first kappa shape index (κ1) is 17.1. The molecule has 0 N–H and O–H groups in total. The van der Waals surface area contributed by atoms with Crippen molar-refractivity contribution in [3.63, 3.8) is 0 Å². The van der Waals surface area contributed by atoms with Crippen molar-refractivity contribution in [1.29, 1.82) is 0 Å². The molecule has 2 rings (SSSR count). The van der Waals surface area contributed by atoms with Gasteiger partial charge in [-0.15, -0.1) is 0 Å². The van der Waals surface area contributed by atoms with Crippen molar-refractivity contribution in [1.82, 2.24) is 0 Å². The zero-order valence-electron chi connectivity index (χ0n) is 13.5. The molecule has 0 radical (unpaired) electrons. The van der Waals surface area contributed by atoms with Crippen LogP contribution in [0, 0.1) is 5.41 Å². The SMILES string of the molecule is CCOC(=O)CCC1(C[C@H]2COC(C)(C)O2)C(=O)CCC1=O. The smallest absolute Gasteiger partial charge is 0.305 e. The van der Waals surface area contributed by atoms with Gasteiger partial charge in [0.2, 0.25) is 0 Å². The standard InChI is InChI=1S/C16H24O6/c1-4-20-14(19)7-8-16(12(17)5-6-13(16)18)9-11-10-21-15(2,3)22-11/h11H,4-10H2,1-3H3/t11-/m0/s1. The molecule has 1 saturated heterocycles. The molecule has 1 aliphatic heterocycles. The van der Waals surface area contributed by atoms with E-state index in [2.05, 4.69) is 0 Å². The molecule has 1 aliphatic carbocycles. The highest BCUT2D eigenvalue weighted by Gasteiger charge is 2.52. The third-order valence-corrected chi connectivity index (χ3v) is 4.35. The molecule has 22 heavy (non-hydrogen) atoms. The zero-order valence-corrected chi connectivity index (χ0v) is 13.5. The quantitative estimate of drug-likeness (QED) is 0.549. The van der Waals surface area contributed by atoms with Gasteiger partial charge in [-0.25, -0.2) is 0 Å². The molecule has 0 amide bonds. The highest BCUT2D eigenvalue weighted by molar-refractivity contribution is 6.13. The van der Waals surface area contributed by atoms with Gasteiger partial charge >= 0.3 is 5.97 Å². The summed E-state index contributed by atoms with van der Waals surface area (Å²) in [6.07, 6.45) is 0.750. The Morgan fingerprint density at radius 2 is 1.91 bits per heavy atom. The summed E-state index contributed by atoms with van der Waals surface area (Å²) in [4.78, 5) is 36.3. The Hall–Kier alpha value is -1.27. The summed E-state index contributed by atoms with van der Waals surface area (Å²) in [6, 6.07) is 0. The second kappa shape index (κ2) is 6.46. The van der Waals surface area contributed by atoms with Gasteiger partial charge in [-0.1, -0.05) is 0 Å². The molecule has 6 nitrogen and oxygen atoms in total. The second-order valence-electron chi connectivity index (χ2n) is 6.39. The van der Waals surface area contributed by atoms with Crippen molar-refractivity contribution >= 4 is 17.5 Å². The van der Waals surface area contributed by atoms with Crippen LogP contribution in [0.3, 0.4) is 0 Å². The highest BCUT2D eigenvalue weighted by atomic mass is 16.7. The van der Waals surface area contributed by atoms with E-state index < -0.39 is 11.2 Å². The first-order valence-electron chi connectivity index (χ1n) is 7.83. The Balaban J connectivity index is 2.08. The van der Waals surface area contributed by atoms with E-state index in [0.29, 0.717) is 13.2 Å². The average molecular weight is 312 g/mol. The van der Waals surface area contributed by atoms with Crippen LogP contribution in [0.5, 0.6) is 0 Å². The largest absolute Gasteiger partial charge is 0.466 e. The number of carbonyl (C=O) groups is 3. The van der Waals surface area contributed by atoms with Gasteiger partial charge in [0.05, 0.1) is 24.7 Å². The van der Waals surface area contributed by atoms with Crippen LogP contribution in [-0.2, 0) is 28.6 Å². The first-order chi connectivity index (χ1) is 10.3. The van der Waals surface area contributed by atoms with Gasteiger partial charge in [-0.05, 0) is 33.6 Å². The van der Waals surface area contributed by atoms with E-state index in [9.17, 15) is 14.4 Å². The van der Waals surface area contributed by atoms with Gasteiger partial charge in [-0.3, -0.25) is 14.4 Å². The summed E-state index contributed by atoms with van der Waals surface area (Å²) in [7, 11) is 0. The van der Waals surface area contributed by atoms with Gasteiger partial charge in [0, 0.05) is 19.3 Å². The Morgan fingerprint density at radius 3 is 2.41 bits per heavy atom. The molecule has 0 aromatic carbocycles. The lowest BCUT2D eigenvalue weighted by atomic mass is 9.75. The predicted molar refractivity (Wildman–Crippen MR) is 77.1 cm³/mol. The molecule has 0 bridgehead atoms. The van der Waals surface area contributed by atoms with Crippen molar-refractivity contribution in [3.8, 4) is 0 Å². The van der Waals surface area contributed by atoms with E-state index in [1.807, 2.05) is 0 Å². The zero-order chi connectivity index (χ0) is 16.4. The molecule has 2 aliphatic rings. The molecule has 1 atom stereocenters. The van der Waals surface area contributed by atoms with Crippen LogP contribution >= 0.6 is 0 Å². The fraction of sp³-hybridized carbons (Fsp3) is 0.812. The van der Waals surface area contributed by atoms with Crippen LogP contribution < -0.4 is 0 Å². The number of Topliss-reactive ketones (excluding diaryl/α,β-unsaturated/α-hetero) is 2. The van der Waals surface area contributed by atoms with Gasteiger partial charge < -0.3 is 14.2 Å². The number of esters is 1.